The van der Waals surface area contributed by atoms with E-state index < -0.39 is 11.7 Å². The molecule has 2 amide bonds. The van der Waals surface area contributed by atoms with Crippen LogP contribution in [-0.2, 0) is 25.6 Å². The Hall–Kier alpha value is -3.50. The van der Waals surface area contributed by atoms with E-state index in [0.29, 0.717) is 49.0 Å². The van der Waals surface area contributed by atoms with Crippen LogP contribution in [0.3, 0.4) is 0 Å². The maximum atomic E-state index is 13.2. The topological polar surface area (TPSA) is 116 Å². The summed E-state index contributed by atoms with van der Waals surface area (Å²) >= 11 is 6.54. The molecule has 1 atom stereocenters. The zero-order valence-corrected chi connectivity index (χ0v) is 24.4. The lowest BCUT2D eigenvalue weighted by Gasteiger charge is -2.33. The summed E-state index contributed by atoms with van der Waals surface area (Å²) < 4.78 is 12.8. The number of carbonyl (C=O) groups is 3. The summed E-state index contributed by atoms with van der Waals surface area (Å²) in [5.74, 6) is -0.0385. The summed E-state index contributed by atoms with van der Waals surface area (Å²) in [5.41, 5.74) is 2.40. The van der Waals surface area contributed by atoms with E-state index in [1.165, 1.54) is 6.20 Å². The van der Waals surface area contributed by atoms with Crippen LogP contribution in [-0.4, -0.2) is 69.1 Å². The standard InChI is InChI=1S/C30H36ClN5O5/c1-30(2,3)41-29(39)36-9-4-5-20(17-36)28(38)34-27-14-22(23(31)16-33-27)21-13-25-24(32-15-21)6-10-35(25)18-26(37)19-7-11-40-12-8-19/h6,10,13-16,19-20H,4-5,7-9,11-12,17-18H2,1-3H3,(H,33,34,38). The number of nitrogens with zero attached hydrogens (tertiary/aromatic N) is 4. The molecular weight excluding hydrogens is 546 g/mol. The zero-order chi connectivity index (χ0) is 29.1. The summed E-state index contributed by atoms with van der Waals surface area (Å²) in [6.45, 7) is 7.81. The second-order valence-corrected chi connectivity index (χ2v) is 12.1. The quantitative estimate of drug-likeness (QED) is 0.418. The molecule has 2 aliphatic rings. The Bertz CT molecular complexity index is 1440. The lowest BCUT2D eigenvalue weighted by Crippen LogP contribution is -2.45. The molecule has 2 aliphatic heterocycles. The van der Waals surface area contributed by atoms with Crippen molar-refractivity contribution in [3.8, 4) is 11.1 Å². The van der Waals surface area contributed by atoms with Gasteiger partial charge in [0.2, 0.25) is 5.91 Å². The number of nitrogens with one attached hydrogen (secondary N) is 1. The number of ketones is 1. The highest BCUT2D eigenvalue weighted by Gasteiger charge is 2.31. The van der Waals surface area contributed by atoms with E-state index in [4.69, 9.17) is 21.1 Å². The van der Waals surface area contributed by atoms with Gasteiger partial charge < -0.3 is 24.3 Å². The third kappa shape index (κ3) is 7.05. The number of pyridine rings is 2. The first kappa shape index (κ1) is 29.0. The van der Waals surface area contributed by atoms with E-state index in [2.05, 4.69) is 15.3 Å². The van der Waals surface area contributed by atoms with Gasteiger partial charge in [0.15, 0.2) is 5.78 Å². The van der Waals surface area contributed by atoms with Gasteiger partial charge in [-0.3, -0.25) is 14.6 Å². The van der Waals surface area contributed by atoms with E-state index in [1.54, 1.807) is 17.2 Å². The Labute approximate surface area is 244 Å². The second-order valence-electron chi connectivity index (χ2n) is 11.7. The average Bonchev–Trinajstić information content (AvgIpc) is 3.35. The fourth-order valence-electron chi connectivity index (χ4n) is 5.30. The number of carbonyl (C=O) groups excluding carboxylic acids is 3. The van der Waals surface area contributed by atoms with Gasteiger partial charge in [0.05, 0.1) is 28.5 Å². The van der Waals surface area contributed by atoms with Gasteiger partial charge in [0.25, 0.3) is 0 Å². The number of aromatic nitrogens is 3. The number of rotatable bonds is 6. The first-order chi connectivity index (χ1) is 19.6. The maximum Gasteiger partial charge on any atom is 0.410 e. The molecule has 41 heavy (non-hydrogen) atoms. The van der Waals surface area contributed by atoms with Gasteiger partial charge in [-0.15, -0.1) is 0 Å². The van der Waals surface area contributed by atoms with Gasteiger partial charge >= 0.3 is 6.09 Å². The molecule has 11 heteroatoms. The van der Waals surface area contributed by atoms with Crippen LogP contribution in [0.25, 0.3) is 22.2 Å². The highest BCUT2D eigenvalue weighted by Crippen LogP contribution is 2.32. The molecule has 1 unspecified atom stereocenters. The van der Waals surface area contributed by atoms with E-state index in [0.717, 1.165) is 29.4 Å². The van der Waals surface area contributed by atoms with Crippen LogP contribution < -0.4 is 5.32 Å². The number of hydrogen-bond donors (Lipinski definition) is 1. The Morgan fingerprint density at radius 1 is 1.10 bits per heavy atom. The first-order valence-electron chi connectivity index (χ1n) is 14.1. The molecule has 0 saturated carbocycles. The molecule has 5 heterocycles. The van der Waals surface area contributed by atoms with Crippen LogP contribution in [0.15, 0.2) is 36.8 Å². The number of piperidine rings is 1. The highest BCUT2D eigenvalue weighted by molar-refractivity contribution is 6.33. The van der Waals surface area contributed by atoms with Gasteiger partial charge in [-0.1, -0.05) is 11.6 Å². The molecule has 3 aromatic heterocycles. The molecule has 2 fully saturated rings. The molecule has 0 aliphatic carbocycles. The number of hydrogen-bond acceptors (Lipinski definition) is 7. The fraction of sp³-hybridized carbons (Fsp3) is 0.500. The van der Waals surface area contributed by atoms with Crippen molar-refractivity contribution in [3.05, 3.63) is 41.8 Å². The van der Waals surface area contributed by atoms with Crippen molar-refractivity contribution < 1.29 is 23.9 Å². The Morgan fingerprint density at radius 3 is 2.63 bits per heavy atom. The van der Waals surface area contributed by atoms with Crippen molar-refractivity contribution in [1.29, 1.82) is 0 Å². The normalized spacial score (nSPS) is 18.3. The van der Waals surface area contributed by atoms with Crippen LogP contribution in [0.1, 0.15) is 46.5 Å². The van der Waals surface area contributed by atoms with Crippen LogP contribution in [0.4, 0.5) is 10.6 Å². The number of fused-ring (bicyclic) bond motifs is 1. The average molecular weight is 582 g/mol. The fourth-order valence-corrected chi connectivity index (χ4v) is 5.52. The Morgan fingerprint density at radius 2 is 1.88 bits per heavy atom. The second kappa shape index (κ2) is 12.2. The predicted octanol–water partition coefficient (Wildman–Crippen LogP) is 5.33. The minimum absolute atomic E-state index is 0.0125. The lowest BCUT2D eigenvalue weighted by atomic mass is 9.95. The van der Waals surface area contributed by atoms with Crippen molar-refractivity contribution in [2.24, 2.45) is 11.8 Å². The van der Waals surface area contributed by atoms with Crippen LogP contribution in [0, 0.1) is 11.8 Å². The molecule has 5 rings (SSSR count). The molecule has 2 saturated heterocycles. The van der Waals surface area contributed by atoms with E-state index in [1.807, 2.05) is 43.7 Å². The molecule has 10 nitrogen and oxygen atoms in total. The smallest absolute Gasteiger partial charge is 0.410 e. The van der Waals surface area contributed by atoms with Crippen molar-refractivity contribution in [3.63, 3.8) is 0 Å². The zero-order valence-electron chi connectivity index (χ0n) is 23.7. The van der Waals surface area contributed by atoms with Crippen molar-refractivity contribution in [2.75, 3.05) is 31.6 Å². The van der Waals surface area contributed by atoms with Gasteiger partial charge in [-0.05, 0) is 64.7 Å². The number of likely N-dealkylation sites (tertiary alicyclic amines) is 1. The molecule has 0 spiro atoms. The monoisotopic (exact) mass is 581 g/mol. The number of ether oxygens (including phenoxy) is 2. The van der Waals surface area contributed by atoms with Crippen molar-refractivity contribution in [1.82, 2.24) is 19.4 Å². The molecule has 3 aromatic rings. The van der Waals surface area contributed by atoms with E-state index >= 15 is 0 Å². The molecule has 0 aromatic carbocycles. The summed E-state index contributed by atoms with van der Waals surface area (Å²) in [6, 6.07) is 5.56. The summed E-state index contributed by atoms with van der Waals surface area (Å²) in [6.07, 6.45) is 7.56. The molecule has 218 valence electrons. The minimum atomic E-state index is -0.601. The summed E-state index contributed by atoms with van der Waals surface area (Å²) in [7, 11) is 0. The largest absolute Gasteiger partial charge is 0.444 e. The van der Waals surface area contributed by atoms with Crippen molar-refractivity contribution in [2.45, 2.75) is 58.6 Å². The number of Topliss-reactive ketones (excluding diaryl/α,β-unsaturated/α-hetero) is 1. The summed E-state index contributed by atoms with van der Waals surface area (Å²) in [4.78, 5) is 49.1. The SMILES string of the molecule is CC(C)(C)OC(=O)N1CCCC(C(=O)Nc2cc(-c3cnc4ccn(CC(=O)C5CCOCC5)c4c3)c(Cl)cn2)C1. The lowest BCUT2D eigenvalue weighted by molar-refractivity contribution is -0.126. The highest BCUT2D eigenvalue weighted by atomic mass is 35.5. The van der Waals surface area contributed by atoms with Gasteiger partial charge in [-0.25, -0.2) is 9.78 Å². The molecule has 0 radical (unpaired) electrons. The minimum Gasteiger partial charge on any atom is -0.444 e. The Kier molecular flexibility index (Phi) is 8.60. The molecule has 1 N–H and O–H groups in total. The number of halogens is 1. The van der Waals surface area contributed by atoms with Crippen LogP contribution in [0.2, 0.25) is 5.02 Å². The van der Waals surface area contributed by atoms with E-state index in [-0.39, 0.29) is 36.6 Å². The van der Waals surface area contributed by atoms with Crippen molar-refractivity contribution >= 4 is 46.2 Å². The van der Waals surface area contributed by atoms with E-state index in [9.17, 15) is 14.4 Å². The van der Waals surface area contributed by atoms with Gasteiger partial charge in [0.1, 0.15) is 11.4 Å². The summed E-state index contributed by atoms with van der Waals surface area (Å²) in [5, 5.41) is 3.31. The number of amides is 2. The molecule has 0 bridgehead atoms. The van der Waals surface area contributed by atoms with Crippen LogP contribution >= 0.6 is 11.6 Å². The predicted molar refractivity (Wildman–Crippen MR) is 156 cm³/mol. The third-order valence-corrected chi connectivity index (χ3v) is 7.78. The molecular formula is C30H36ClN5O5. The number of anilines is 1. The van der Waals surface area contributed by atoms with Gasteiger partial charge in [0, 0.05) is 61.9 Å². The van der Waals surface area contributed by atoms with Gasteiger partial charge in [-0.2, -0.15) is 0 Å². The first-order valence-corrected chi connectivity index (χ1v) is 14.5. The Balaban J connectivity index is 1.30. The third-order valence-electron chi connectivity index (χ3n) is 7.48. The maximum absolute atomic E-state index is 13.2. The van der Waals surface area contributed by atoms with Crippen LogP contribution in [0.5, 0.6) is 0 Å².